The second-order valence-electron chi connectivity index (χ2n) is 2.65. The fourth-order valence-corrected chi connectivity index (χ4v) is 0.885. The zero-order valence-corrected chi connectivity index (χ0v) is 9.16. The molecule has 0 fully saturated rings. The van der Waals surface area contributed by atoms with Crippen molar-refractivity contribution in [3.8, 4) is 0 Å². The number of rotatable bonds is 2. The van der Waals surface area contributed by atoms with Crippen molar-refractivity contribution >= 4 is 5.91 Å². The Labute approximate surface area is 95.6 Å². The molecule has 0 saturated carbocycles. The van der Waals surface area contributed by atoms with Crippen molar-refractivity contribution in [3.05, 3.63) is 35.4 Å². The van der Waals surface area contributed by atoms with Gasteiger partial charge in [0.2, 0.25) is 5.91 Å². The zero-order valence-electron chi connectivity index (χ0n) is 7.60. The molecule has 0 unspecified atom stereocenters. The molecule has 74 valence electrons. The first-order valence-electron chi connectivity index (χ1n) is 3.78. The van der Waals surface area contributed by atoms with Crippen molar-refractivity contribution in [1.82, 2.24) is 5.32 Å². The van der Waals surface area contributed by atoms with Gasteiger partial charge < -0.3 is 5.32 Å². The van der Waals surface area contributed by atoms with Crippen molar-refractivity contribution in [2.24, 2.45) is 0 Å². The minimum atomic E-state index is -0.645. The number of halogens is 2. The Morgan fingerprint density at radius 3 is 2.57 bits per heavy atom. The van der Waals surface area contributed by atoms with E-state index in [1.54, 1.807) is 0 Å². The van der Waals surface area contributed by atoms with Gasteiger partial charge in [0, 0.05) is 46.8 Å². The van der Waals surface area contributed by atoms with E-state index in [4.69, 9.17) is 0 Å². The Morgan fingerprint density at radius 2 is 2.07 bits per heavy atom. The monoisotopic (exact) mass is 233 g/mol. The van der Waals surface area contributed by atoms with E-state index in [1.807, 2.05) is 0 Å². The van der Waals surface area contributed by atoms with Crippen LogP contribution < -0.4 is 5.32 Å². The molecule has 1 rings (SSSR count). The van der Waals surface area contributed by atoms with Gasteiger partial charge in [-0.3, -0.25) is 4.79 Å². The van der Waals surface area contributed by atoms with Crippen LogP contribution in [0, 0.1) is 11.6 Å². The Balaban J connectivity index is 0.00000169. The third kappa shape index (κ3) is 3.98. The summed E-state index contributed by atoms with van der Waals surface area (Å²) in [5, 5.41) is 2.42. The molecule has 5 heteroatoms. The number of nitrogens with one attached hydrogen (secondary N) is 1. The standard InChI is InChI=1S/C9H9F2NO.Ti/c1-6(13)12-5-7-2-3-8(10)4-9(7)11;/h2-4H,5H2,1H3,(H,12,13);. The first-order chi connectivity index (χ1) is 6.09. The minimum absolute atomic E-state index is 0. The summed E-state index contributed by atoms with van der Waals surface area (Å²) in [5.41, 5.74) is 0.275. The number of carbonyl (C=O) groups is 1. The van der Waals surface area contributed by atoms with Crippen LogP contribution in [0.1, 0.15) is 12.5 Å². The van der Waals surface area contributed by atoms with Gasteiger partial charge in [-0.25, -0.2) is 8.78 Å². The Kier molecular flexibility index (Phi) is 5.57. The molecule has 0 heterocycles. The van der Waals surface area contributed by atoms with Crippen LogP contribution in [0.15, 0.2) is 18.2 Å². The second-order valence-corrected chi connectivity index (χ2v) is 2.65. The van der Waals surface area contributed by atoms with E-state index in [-0.39, 0.29) is 39.7 Å². The summed E-state index contributed by atoms with van der Waals surface area (Å²) in [7, 11) is 0. The van der Waals surface area contributed by atoms with Gasteiger partial charge in [0.15, 0.2) is 0 Å². The molecule has 0 atom stereocenters. The summed E-state index contributed by atoms with van der Waals surface area (Å²) in [4.78, 5) is 10.5. The van der Waals surface area contributed by atoms with Gasteiger partial charge in [-0.1, -0.05) is 6.07 Å². The van der Waals surface area contributed by atoms with Crippen LogP contribution in [0.4, 0.5) is 8.78 Å². The molecule has 0 saturated heterocycles. The molecule has 0 bridgehead atoms. The van der Waals surface area contributed by atoms with Gasteiger partial charge in [-0.15, -0.1) is 0 Å². The smallest absolute Gasteiger partial charge is 0.217 e. The summed E-state index contributed by atoms with van der Waals surface area (Å²) >= 11 is 0. The normalized spacial score (nSPS) is 9.07. The number of carbonyl (C=O) groups excluding carboxylic acids is 1. The van der Waals surface area contributed by atoms with E-state index in [0.29, 0.717) is 0 Å². The molecule has 0 aliphatic heterocycles. The maximum Gasteiger partial charge on any atom is 0.217 e. The molecular weight excluding hydrogens is 224 g/mol. The average Bonchev–Trinajstić information content (AvgIpc) is 2.02. The van der Waals surface area contributed by atoms with E-state index in [9.17, 15) is 13.6 Å². The molecule has 1 N–H and O–H groups in total. The Hall–Kier alpha value is -0.736. The Bertz CT molecular complexity index is 331. The summed E-state index contributed by atoms with van der Waals surface area (Å²) in [6.45, 7) is 1.42. The molecule has 1 aromatic rings. The van der Waals surface area contributed by atoms with Crippen LogP contribution in [0.5, 0.6) is 0 Å². The fourth-order valence-electron chi connectivity index (χ4n) is 0.885. The molecule has 0 aromatic heterocycles. The van der Waals surface area contributed by atoms with E-state index in [2.05, 4.69) is 5.32 Å². The van der Waals surface area contributed by atoms with Gasteiger partial charge in [-0.05, 0) is 6.07 Å². The van der Waals surface area contributed by atoms with Crippen molar-refractivity contribution in [3.63, 3.8) is 0 Å². The third-order valence-corrected chi connectivity index (χ3v) is 1.54. The van der Waals surface area contributed by atoms with Gasteiger partial charge in [-0.2, -0.15) is 0 Å². The summed E-state index contributed by atoms with van der Waals surface area (Å²) in [6, 6.07) is 3.25. The van der Waals surface area contributed by atoms with Crippen LogP contribution in [-0.2, 0) is 33.1 Å². The predicted octanol–water partition coefficient (Wildman–Crippen LogP) is 1.60. The van der Waals surface area contributed by atoms with Crippen molar-refractivity contribution < 1.29 is 35.3 Å². The molecule has 0 radical (unpaired) electrons. The molecule has 14 heavy (non-hydrogen) atoms. The second kappa shape index (κ2) is 5.88. The van der Waals surface area contributed by atoms with Gasteiger partial charge >= 0.3 is 0 Å². The maximum atomic E-state index is 12.9. The van der Waals surface area contributed by atoms with Crippen LogP contribution >= 0.6 is 0 Å². The minimum Gasteiger partial charge on any atom is -0.352 e. The fraction of sp³-hybridized carbons (Fsp3) is 0.222. The number of hydrogen-bond acceptors (Lipinski definition) is 1. The van der Waals surface area contributed by atoms with Crippen molar-refractivity contribution in [2.75, 3.05) is 0 Å². The van der Waals surface area contributed by atoms with E-state index in [0.717, 1.165) is 12.1 Å². The van der Waals surface area contributed by atoms with Crippen molar-refractivity contribution in [1.29, 1.82) is 0 Å². The largest absolute Gasteiger partial charge is 0.352 e. The third-order valence-electron chi connectivity index (χ3n) is 1.54. The predicted molar refractivity (Wildman–Crippen MR) is 43.9 cm³/mol. The molecular formula is C9H9F2NOTi. The number of amides is 1. The zero-order chi connectivity index (χ0) is 9.84. The van der Waals surface area contributed by atoms with Gasteiger partial charge in [0.25, 0.3) is 0 Å². The van der Waals surface area contributed by atoms with Crippen LogP contribution in [-0.4, -0.2) is 5.91 Å². The topological polar surface area (TPSA) is 29.1 Å². The molecule has 0 aliphatic carbocycles. The average molecular weight is 233 g/mol. The molecule has 2 nitrogen and oxygen atoms in total. The maximum absolute atomic E-state index is 12.9. The molecule has 1 amide bonds. The number of hydrogen-bond donors (Lipinski definition) is 1. The van der Waals surface area contributed by atoms with Gasteiger partial charge in [0.05, 0.1) is 0 Å². The quantitative estimate of drug-likeness (QED) is 0.772. The Morgan fingerprint density at radius 1 is 1.43 bits per heavy atom. The summed E-state index contributed by atoms with van der Waals surface area (Å²) < 4.78 is 25.3. The SMILES string of the molecule is CC(=O)NCc1ccc(F)cc1F.[Ti]. The molecule has 0 aliphatic rings. The van der Waals surface area contributed by atoms with E-state index < -0.39 is 11.6 Å². The number of benzene rings is 1. The van der Waals surface area contributed by atoms with E-state index in [1.165, 1.54) is 13.0 Å². The van der Waals surface area contributed by atoms with Crippen LogP contribution in [0.25, 0.3) is 0 Å². The van der Waals surface area contributed by atoms with Crippen LogP contribution in [0.2, 0.25) is 0 Å². The van der Waals surface area contributed by atoms with E-state index >= 15 is 0 Å². The van der Waals surface area contributed by atoms with Gasteiger partial charge in [0.1, 0.15) is 11.6 Å². The van der Waals surface area contributed by atoms with Crippen LogP contribution in [0.3, 0.4) is 0 Å². The summed E-state index contributed by atoms with van der Waals surface area (Å²) in [5.74, 6) is -1.51. The summed E-state index contributed by atoms with van der Waals surface area (Å²) in [6.07, 6.45) is 0. The molecule has 0 spiro atoms. The van der Waals surface area contributed by atoms with Crippen molar-refractivity contribution in [2.45, 2.75) is 13.5 Å². The first-order valence-corrected chi connectivity index (χ1v) is 3.78. The molecule has 1 aromatic carbocycles. The first kappa shape index (κ1) is 13.3.